The molecule has 29 heavy (non-hydrogen) atoms. The van der Waals surface area contributed by atoms with E-state index in [1.54, 1.807) is 12.1 Å². The molecule has 1 amide bonds. The Balaban J connectivity index is 1.41. The molecule has 1 N–H and O–H groups in total. The molecule has 0 bridgehead atoms. The number of carbonyl (C=O) groups excluding carboxylic acids is 1. The Morgan fingerprint density at radius 1 is 1.07 bits per heavy atom. The number of nitrogens with one attached hydrogen (secondary N) is 1. The van der Waals surface area contributed by atoms with Gasteiger partial charge in [0.05, 0.1) is 5.52 Å². The van der Waals surface area contributed by atoms with E-state index < -0.39 is 0 Å². The summed E-state index contributed by atoms with van der Waals surface area (Å²) in [7, 11) is 0. The zero-order valence-corrected chi connectivity index (χ0v) is 17.7. The minimum absolute atomic E-state index is 0.00283. The normalized spacial score (nSPS) is 20.4. The number of aromatic nitrogens is 1. The second-order valence-electron chi connectivity index (χ2n) is 8.27. The maximum absolute atomic E-state index is 12.7. The fourth-order valence-electron chi connectivity index (χ4n) is 4.63. The van der Waals surface area contributed by atoms with E-state index in [0.29, 0.717) is 16.9 Å². The highest BCUT2D eigenvalue weighted by Crippen LogP contribution is 2.41. The third-order valence-corrected chi connectivity index (χ3v) is 6.70. The lowest BCUT2D eigenvalue weighted by Gasteiger charge is -2.32. The summed E-state index contributed by atoms with van der Waals surface area (Å²) >= 11 is 5.93. The van der Waals surface area contributed by atoms with Gasteiger partial charge in [-0.2, -0.15) is 0 Å². The standard InChI is InChI=1S/C25H27ClN2O/c1-16-4-3-5-23-22(14-15-27-24(16)23)19-8-6-18(7-9-19)17(2)25(29)28-21-12-10-20(26)11-13-21/h3-5,10-15,17-19H,6-9H2,1-2H3,(H,28,29)/t17-,18?,19?/m1/s1. The molecule has 0 spiro atoms. The number of para-hydroxylation sites is 1. The highest BCUT2D eigenvalue weighted by Gasteiger charge is 2.30. The molecular formula is C25H27ClN2O. The monoisotopic (exact) mass is 406 g/mol. The van der Waals surface area contributed by atoms with Crippen LogP contribution in [0.25, 0.3) is 10.9 Å². The van der Waals surface area contributed by atoms with Gasteiger partial charge in [-0.15, -0.1) is 0 Å². The Bertz CT molecular complexity index is 1010. The first kappa shape index (κ1) is 19.9. The lowest BCUT2D eigenvalue weighted by molar-refractivity contribution is -0.121. The van der Waals surface area contributed by atoms with E-state index in [1.807, 2.05) is 18.3 Å². The number of aryl methyl sites for hydroxylation is 1. The third-order valence-electron chi connectivity index (χ3n) is 6.45. The Labute approximate surface area is 177 Å². The Hall–Kier alpha value is -2.39. The first-order valence-electron chi connectivity index (χ1n) is 10.4. The van der Waals surface area contributed by atoms with Gasteiger partial charge in [0.1, 0.15) is 0 Å². The van der Waals surface area contributed by atoms with Crippen LogP contribution in [0.15, 0.2) is 54.7 Å². The summed E-state index contributed by atoms with van der Waals surface area (Å²) in [5, 5.41) is 4.99. The molecule has 0 saturated heterocycles. The van der Waals surface area contributed by atoms with Crippen molar-refractivity contribution in [1.29, 1.82) is 0 Å². The van der Waals surface area contributed by atoms with Gasteiger partial charge < -0.3 is 5.32 Å². The lowest BCUT2D eigenvalue weighted by atomic mass is 9.73. The molecule has 1 saturated carbocycles. The number of halogens is 1. The Morgan fingerprint density at radius 2 is 1.79 bits per heavy atom. The Morgan fingerprint density at radius 3 is 2.52 bits per heavy atom. The topological polar surface area (TPSA) is 42.0 Å². The van der Waals surface area contributed by atoms with Crippen LogP contribution in [0.3, 0.4) is 0 Å². The molecule has 3 aromatic rings. The van der Waals surface area contributed by atoms with Crippen molar-refractivity contribution in [2.24, 2.45) is 11.8 Å². The summed E-state index contributed by atoms with van der Waals surface area (Å²) < 4.78 is 0. The minimum Gasteiger partial charge on any atom is -0.326 e. The summed E-state index contributed by atoms with van der Waals surface area (Å²) in [5.74, 6) is 1.07. The van der Waals surface area contributed by atoms with E-state index in [2.05, 4.69) is 48.4 Å². The first-order chi connectivity index (χ1) is 14.0. The van der Waals surface area contributed by atoms with Gasteiger partial charge in [0.25, 0.3) is 0 Å². The summed E-state index contributed by atoms with van der Waals surface area (Å²) in [4.78, 5) is 17.3. The van der Waals surface area contributed by atoms with E-state index >= 15 is 0 Å². The summed E-state index contributed by atoms with van der Waals surface area (Å²) in [6, 6.07) is 15.9. The van der Waals surface area contributed by atoms with Crippen LogP contribution in [-0.2, 0) is 4.79 Å². The van der Waals surface area contributed by atoms with Crippen molar-refractivity contribution in [3.63, 3.8) is 0 Å². The smallest absolute Gasteiger partial charge is 0.227 e. The number of nitrogens with zero attached hydrogens (tertiary/aromatic N) is 1. The van der Waals surface area contributed by atoms with E-state index in [9.17, 15) is 4.79 Å². The van der Waals surface area contributed by atoms with Gasteiger partial charge in [-0.25, -0.2) is 0 Å². The van der Waals surface area contributed by atoms with Crippen LogP contribution >= 0.6 is 11.6 Å². The van der Waals surface area contributed by atoms with E-state index in [4.69, 9.17) is 11.6 Å². The predicted molar refractivity (Wildman–Crippen MR) is 120 cm³/mol. The molecule has 1 atom stereocenters. The summed E-state index contributed by atoms with van der Waals surface area (Å²) in [6.07, 6.45) is 6.34. The number of benzene rings is 2. The molecule has 0 unspecified atom stereocenters. The molecule has 3 nitrogen and oxygen atoms in total. The molecule has 1 aliphatic carbocycles. The fraction of sp³-hybridized carbons (Fsp3) is 0.360. The average molecular weight is 407 g/mol. The fourth-order valence-corrected chi connectivity index (χ4v) is 4.76. The van der Waals surface area contributed by atoms with Gasteiger partial charge in [-0.3, -0.25) is 9.78 Å². The SMILES string of the molecule is Cc1cccc2c(C3CCC([C@@H](C)C(=O)Nc4ccc(Cl)cc4)CC3)ccnc12. The summed E-state index contributed by atoms with van der Waals surface area (Å²) in [5.41, 5.74) is 4.56. The van der Waals surface area contributed by atoms with Crippen molar-refractivity contribution >= 4 is 34.1 Å². The van der Waals surface area contributed by atoms with E-state index in [1.165, 1.54) is 16.5 Å². The van der Waals surface area contributed by atoms with Gasteiger partial charge in [0.15, 0.2) is 0 Å². The number of rotatable bonds is 4. The molecule has 4 rings (SSSR count). The molecule has 150 valence electrons. The van der Waals surface area contributed by atoms with Gasteiger partial charge in [0, 0.05) is 28.2 Å². The Kier molecular flexibility index (Phi) is 5.86. The van der Waals surface area contributed by atoms with Crippen molar-refractivity contribution < 1.29 is 4.79 Å². The molecule has 1 heterocycles. The number of pyridine rings is 1. The second-order valence-corrected chi connectivity index (χ2v) is 8.70. The zero-order valence-electron chi connectivity index (χ0n) is 17.0. The van der Waals surface area contributed by atoms with E-state index in [-0.39, 0.29) is 11.8 Å². The highest BCUT2D eigenvalue weighted by atomic mass is 35.5. The van der Waals surface area contributed by atoms with Crippen molar-refractivity contribution in [2.75, 3.05) is 5.32 Å². The maximum atomic E-state index is 12.7. The zero-order chi connectivity index (χ0) is 20.4. The van der Waals surface area contributed by atoms with E-state index in [0.717, 1.165) is 36.9 Å². The molecule has 0 aliphatic heterocycles. The number of hydrogen-bond donors (Lipinski definition) is 1. The molecule has 1 aromatic heterocycles. The van der Waals surface area contributed by atoms with Crippen molar-refractivity contribution in [1.82, 2.24) is 4.98 Å². The van der Waals surface area contributed by atoms with Crippen LogP contribution in [0, 0.1) is 18.8 Å². The largest absolute Gasteiger partial charge is 0.326 e. The second kappa shape index (κ2) is 8.54. The van der Waals surface area contributed by atoms with Crippen LogP contribution in [-0.4, -0.2) is 10.9 Å². The van der Waals surface area contributed by atoms with Crippen molar-refractivity contribution in [2.45, 2.75) is 45.4 Å². The molecule has 1 aliphatic rings. The quantitative estimate of drug-likeness (QED) is 0.520. The van der Waals surface area contributed by atoms with Crippen molar-refractivity contribution in [3.8, 4) is 0 Å². The number of fused-ring (bicyclic) bond motifs is 1. The van der Waals surface area contributed by atoms with Gasteiger partial charge >= 0.3 is 0 Å². The van der Waals surface area contributed by atoms with Gasteiger partial charge in [-0.1, -0.05) is 36.7 Å². The third kappa shape index (κ3) is 4.30. The number of carbonyl (C=O) groups is 1. The van der Waals surface area contributed by atoms with Crippen LogP contribution < -0.4 is 5.32 Å². The predicted octanol–water partition coefficient (Wildman–Crippen LogP) is 6.75. The van der Waals surface area contributed by atoms with Crippen LogP contribution in [0.1, 0.15) is 49.7 Å². The van der Waals surface area contributed by atoms with Gasteiger partial charge in [-0.05, 0) is 85.9 Å². The van der Waals surface area contributed by atoms with Crippen LogP contribution in [0.5, 0.6) is 0 Å². The maximum Gasteiger partial charge on any atom is 0.227 e. The summed E-state index contributed by atoms with van der Waals surface area (Å²) in [6.45, 7) is 4.18. The van der Waals surface area contributed by atoms with Crippen molar-refractivity contribution in [3.05, 3.63) is 70.9 Å². The first-order valence-corrected chi connectivity index (χ1v) is 10.8. The number of amides is 1. The minimum atomic E-state index is 0.00283. The van der Waals surface area contributed by atoms with Crippen LogP contribution in [0.2, 0.25) is 5.02 Å². The molecule has 4 heteroatoms. The lowest BCUT2D eigenvalue weighted by Crippen LogP contribution is -2.29. The van der Waals surface area contributed by atoms with Gasteiger partial charge in [0.2, 0.25) is 5.91 Å². The van der Waals surface area contributed by atoms with Crippen LogP contribution in [0.4, 0.5) is 5.69 Å². The molecule has 2 aromatic carbocycles. The highest BCUT2D eigenvalue weighted by molar-refractivity contribution is 6.30. The number of hydrogen-bond acceptors (Lipinski definition) is 2. The number of anilines is 1. The average Bonchev–Trinajstić information content (AvgIpc) is 2.75. The molecular weight excluding hydrogens is 380 g/mol. The molecule has 1 fully saturated rings. The molecule has 0 radical (unpaired) electrons.